The van der Waals surface area contributed by atoms with Crippen molar-refractivity contribution in [3.05, 3.63) is 11.6 Å². The second kappa shape index (κ2) is 6.82. The second-order valence-corrected chi connectivity index (χ2v) is 2.26. The van der Waals surface area contributed by atoms with E-state index in [0.717, 1.165) is 0 Å². The van der Waals surface area contributed by atoms with Crippen molar-refractivity contribution in [3.63, 3.8) is 0 Å². The molecule has 0 bridgehead atoms. The van der Waals surface area contributed by atoms with Crippen LogP contribution >= 0.6 is 0 Å². The lowest BCUT2D eigenvalue weighted by molar-refractivity contribution is -0.139. The molecule has 0 fully saturated rings. The van der Waals surface area contributed by atoms with Crippen molar-refractivity contribution in [1.82, 2.24) is 0 Å². The summed E-state index contributed by atoms with van der Waals surface area (Å²) in [7, 11) is 0. The van der Waals surface area contributed by atoms with Crippen molar-refractivity contribution in [1.29, 1.82) is 0 Å². The number of ether oxygens (including phenoxy) is 1. The lowest BCUT2D eigenvalue weighted by atomic mass is 10.2. The van der Waals surface area contributed by atoms with Gasteiger partial charge < -0.3 is 14.9 Å². The zero-order valence-electron chi connectivity index (χ0n) is 7.12. The molecule has 0 heterocycles. The van der Waals surface area contributed by atoms with Crippen LogP contribution in [-0.4, -0.2) is 36.0 Å². The number of hydrogen-bond donors (Lipinski definition) is 2. The molecule has 0 rings (SSSR count). The smallest absolute Gasteiger partial charge is 0.333 e. The number of carbonyl (C=O) groups is 1. The Kier molecular flexibility index (Phi) is 6.32. The zero-order chi connectivity index (χ0) is 9.40. The average Bonchev–Trinajstić information content (AvgIpc) is 2.10. The maximum Gasteiger partial charge on any atom is 0.333 e. The maximum absolute atomic E-state index is 10.9. The minimum absolute atomic E-state index is 0.0170. The zero-order valence-corrected chi connectivity index (χ0v) is 7.12. The van der Waals surface area contributed by atoms with Crippen LogP contribution in [0.1, 0.15) is 13.3 Å². The molecule has 0 aromatic rings. The van der Waals surface area contributed by atoms with E-state index in [0.29, 0.717) is 12.0 Å². The van der Waals surface area contributed by atoms with Crippen LogP contribution in [0.15, 0.2) is 11.6 Å². The SMILES string of the molecule is CC(=CCCO)C(=O)OCCO. The molecule has 0 aliphatic carbocycles. The van der Waals surface area contributed by atoms with Crippen LogP contribution in [0.3, 0.4) is 0 Å². The molecular weight excluding hydrogens is 160 g/mol. The Morgan fingerprint density at radius 1 is 1.42 bits per heavy atom. The fraction of sp³-hybridized carbons (Fsp3) is 0.625. The van der Waals surface area contributed by atoms with E-state index < -0.39 is 5.97 Å². The Hall–Kier alpha value is -0.870. The van der Waals surface area contributed by atoms with Gasteiger partial charge >= 0.3 is 5.97 Å². The summed E-state index contributed by atoms with van der Waals surface area (Å²) in [5.74, 6) is -0.447. The number of aliphatic hydroxyl groups excluding tert-OH is 2. The van der Waals surface area contributed by atoms with Crippen LogP contribution in [0.2, 0.25) is 0 Å². The Labute approximate surface area is 71.5 Å². The maximum atomic E-state index is 10.9. The summed E-state index contributed by atoms with van der Waals surface area (Å²) in [6.45, 7) is 1.47. The molecule has 0 amide bonds. The lowest BCUT2D eigenvalue weighted by Crippen LogP contribution is -2.09. The van der Waals surface area contributed by atoms with E-state index in [1.54, 1.807) is 13.0 Å². The van der Waals surface area contributed by atoms with Gasteiger partial charge in [-0.15, -0.1) is 0 Å². The minimum atomic E-state index is -0.447. The second-order valence-electron chi connectivity index (χ2n) is 2.26. The third kappa shape index (κ3) is 4.87. The summed E-state index contributed by atoms with van der Waals surface area (Å²) in [5.41, 5.74) is 0.456. The van der Waals surface area contributed by atoms with Gasteiger partial charge in [-0.3, -0.25) is 0 Å². The molecule has 0 aromatic carbocycles. The molecule has 2 N–H and O–H groups in total. The first-order valence-corrected chi connectivity index (χ1v) is 3.78. The lowest BCUT2D eigenvalue weighted by Gasteiger charge is -2.01. The van der Waals surface area contributed by atoms with E-state index in [2.05, 4.69) is 4.74 Å². The summed E-state index contributed by atoms with van der Waals surface area (Å²) < 4.78 is 4.61. The number of hydrogen-bond acceptors (Lipinski definition) is 4. The molecule has 12 heavy (non-hydrogen) atoms. The van der Waals surface area contributed by atoms with E-state index in [1.165, 1.54) is 0 Å². The Morgan fingerprint density at radius 3 is 2.58 bits per heavy atom. The number of aliphatic hydroxyl groups is 2. The molecule has 0 aromatic heterocycles. The molecule has 0 aliphatic heterocycles. The predicted molar refractivity (Wildman–Crippen MR) is 43.5 cm³/mol. The van der Waals surface area contributed by atoms with Crippen molar-refractivity contribution in [2.75, 3.05) is 19.8 Å². The van der Waals surface area contributed by atoms with Crippen LogP contribution in [0, 0.1) is 0 Å². The van der Waals surface area contributed by atoms with E-state index in [4.69, 9.17) is 10.2 Å². The van der Waals surface area contributed by atoms with Crippen LogP contribution in [0.4, 0.5) is 0 Å². The summed E-state index contributed by atoms with van der Waals surface area (Å²) in [6.07, 6.45) is 2.04. The van der Waals surface area contributed by atoms with Gasteiger partial charge in [-0.05, 0) is 13.3 Å². The summed E-state index contributed by atoms with van der Waals surface area (Å²) >= 11 is 0. The van der Waals surface area contributed by atoms with Crippen LogP contribution in [0.25, 0.3) is 0 Å². The molecular formula is C8H14O4. The molecule has 0 unspecified atom stereocenters. The van der Waals surface area contributed by atoms with Crippen molar-refractivity contribution in [2.24, 2.45) is 0 Å². The minimum Gasteiger partial charge on any atom is -0.460 e. The van der Waals surface area contributed by atoms with Crippen molar-refractivity contribution in [3.8, 4) is 0 Å². The molecule has 0 radical (unpaired) electrons. The van der Waals surface area contributed by atoms with Gasteiger partial charge in [-0.1, -0.05) is 6.08 Å². The molecule has 4 nitrogen and oxygen atoms in total. The first kappa shape index (κ1) is 11.1. The third-order valence-corrected chi connectivity index (χ3v) is 1.23. The first-order chi connectivity index (χ1) is 5.72. The summed E-state index contributed by atoms with van der Waals surface area (Å²) in [4.78, 5) is 10.9. The molecule has 0 spiro atoms. The van der Waals surface area contributed by atoms with E-state index in [1.807, 2.05) is 0 Å². The fourth-order valence-corrected chi connectivity index (χ4v) is 0.617. The normalized spacial score (nSPS) is 11.4. The Balaban J connectivity index is 3.75. The summed E-state index contributed by atoms with van der Waals surface area (Å²) in [5, 5.41) is 16.8. The van der Waals surface area contributed by atoms with Crippen LogP contribution in [0.5, 0.6) is 0 Å². The monoisotopic (exact) mass is 174 g/mol. The number of esters is 1. The molecule has 0 aliphatic rings. The van der Waals surface area contributed by atoms with E-state index >= 15 is 0 Å². The van der Waals surface area contributed by atoms with Gasteiger partial charge in [0.1, 0.15) is 6.61 Å². The molecule has 4 heteroatoms. The first-order valence-electron chi connectivity index (χ1n) is 3.78. The van der Waals surface area contributed by atoms with Gasteiger partial charge in [-0.25, -0.2) is 4.79 Å². The highest BCUT2D eigenvalue weighted by atomic mass is 16.5. The van der Waals surface area contributed by atoms with Gasteiger partial charge in [0.2, 0.25) is 0 Å². The fourth-order valence-electron chi connectivity index (χ4n) is 0.617. The Morgan fingerprint density at radius 2 is 2.08 bits per heavy atom. The van der Waals surface area contributed by atoms with Gasteiger partial charge in [0.25, 0.3) is 0 Å². The van der Waals surface area contributed by atoms with E-state index in [-0.39, 0.29) is 19.8 Å². The van der Waals surface area contributed by atoms with Crippen molar-refractivity contribution < 1.29 is 19.7 Å². The van der Waals surface area contributed by atoms with E-state index in [9.17, 15) is 4.79 Å². The van der Waals surface area contributed by atoms with Gasteiger partial charge in [0.05, 0.1) is 6.61 Å². The van der Waals surface area contributed by atoms with Gasteiger partial charge in [0, 0.05) is 12.2 Å². The Bertz CT molecular complexity index is 162. The third-order valence-electron chi connectivity index (χ3n) is 1.23. The standard InChI is InChI=1S/C8H14O4/c1-7(3-2-4-9)8(11)12-6-5-10/h3,9-10H,2,4-6H2,1H3. The van der Waals surface area contributed by atoms with Gasteiger partial charge in [-0.2, -0.15) is 0 Å². The summed E-state index contributed by atoms with van der Waals surface area (Å²) in [6, 6.07) is 0. The topological polar surface area (TPSA) is 66.8 Å². The molecule has 0 atom stereocenters. The predicted octanol–water partition coefficient (Wildman–Crippen LogP) is -0.149. The van der Waals surface area contributed by atoms with Crippen LogP contribution < -0.4 is 0 Å². The molecule has 70 valence electrons. The largest absolute Gasteiger partial charge is 0.460 e. The highest BCUT2D eigenvalue weighted by molar-refractivity contribution is 5.87. The number of carbonyl (C=O) groups excluding carboxylic acids is 1. The quantitative estimate of drug-likeness (QED) is 0.449. The van der Waals surface area contributed by atoms with Crippen LogP contribution in [-0.2, 0) is 9.53 Å². The average molecular weight is 174 g/mol. The molecule has 0 saturated heterocycles. The van der Waals surface area contributed by atoms with Gasteiger partial charge in [0.15, 0.2) is 0 Å². The highest BCUT2D eigenvalue weighted by Crippen LogP contribution is 1.97. The van der Waals surface area contributed by atoms with Crippen molar-refractivity contribution in [2.45, 2.75) is 13.3 Å². The molecule has 0 saturated carbocycles. The highest BCUT2D eigenvalue weighted by Gasteiger charge is 2.03. The van der Waals surface area contributed by atoms with Crippen molar-refractivity contribution >= 4 is 5.97 Å². The number of rotatable bonds is 5.